The Balaban J connectivity index is 1.80. The van der Waals surface area contributed by atoms with Gasteiger partial charge in [0.15, 0.2) is 0 Å². The largest absolute Gasteiger partial charge is 0.227 e. The predicted molar refractivity (Wildman–Crippen MR) is 86.3 cm³/mol. The number of aliphatic imine (C=N–C) groups is 1. The fraction of sp³-hybridized carbons (Fsp3) is 0. The molecule has 0 saturated carbocycles. The maximum atomic E-state index is 5.88. The van der Waals surface area contributed by atoms with E-state index in [-0.39, 0.29) is 0 Å². The van der Waals surface area contributed by atoms with E-state index in [2.05, 4.69) is 9.98 Å². The van der Waals surface area contributed by atoms with E-state index in [9.17, 15) is 0 Å². The highest BCUT2D eigenvalue weighted by Crippen LogP contribution is 2.27. The van der Waals surface area contributed by atoms with Crippen LogP contribution in [0.5, 0.6) is 0 Å². The van der Waals surface area contributed by atoms with Gasteiger partial charge in [-0.05, 0) is 17.7 Å². The molecular formula is C16H11ClN2S. The molecule has 0 aliphatic heterocycles. The molecule has 0 spiro atoms. The average Bonchev–Trinajstić information content (AvgIpc) is 2.96. The lowest BCUT2D eigenvalue weighted by Crippen LogP contribution is -1.78. The molecule has 3 rings (SSSR count). The van der Waals surface area contributed by atoms with E-state index in [1.807, 2.05) is 66.2 Å². The second-order valence-electron chi connectivity index (χ2n) is 4.19. The van der Waals surface area contributed by atoms with Gasteiger partial charge in [-0.1, -0.05) is 54.1 Å². The van der Waals surface area contributed by atoms with Crippen molar-refractivity contribution in [2.75, 3.05) is 0 Å². The standard InChI is InChI=1S/C16H11ClN2S/c17-14-8-6-13(7-9-14)15-11-20-16(19-15)18-10-12-4-2-1-3-5-12/h1-11H/b18-10+. The van der Waals surface area contributed by atoms with Crippen molar-refractivity contribution in [1.82, 2.24) is 4.98 Å². The third-order valence-electron chi connectivity index (χ3n) is 2.76. The minimum absolute atomic E-state index is 0.728. The lowest BCUT2D eigenvalue weighted by atomic mass is 10.2. The van der Waals surface area contributed by atoms with Gasteiger partial charge in [-0.25, -0.2) is 9.98 Å². The SMILES string of the molecule is Clc1ccc(-c2csc(/N=C/c3ccccc3)n2)cc1. The Morgan fingerprint density at radius 3 is 2.50 bits per heavy atom. The summed E-state index contributed by atoms with van der Waals surface area (Å²) < 4.78 is 0. The van der Waals surface area contributed by atoms with Crippen LogP contribution in [0.4, 0.5) is 5.13 Å². The van der Waals surface area contributed by atoms with Crippen LogP contribution in [-0.2, 0) is 0 Å². The topological polar surface area (TPSA) is 25.2 Å². The van der Waals surface area contributed by atoms with E-state index in [1.165, 1.54) is 11.3 Å². The zero-order chi connectivity index (χ0) is 13.8. The summed E-state index contributed by atoms with van der Waals surface area (Å²) in [7, 11) is 0. The fourth-order valence-electron chi connectivity index (χ4n) is 1.75. The number of benzene rings is 2. The number of hydrogen-bond acceptors (Lipinski definition) is 3. The van der Waals surface area contributed by atoms with Crippen molar-refractivity contribution in [3.05, 3.63) is 70.6 Å². The highest BCUT2D eigenvalue weighted by atomic mass is 35.5. The third kappa shape index (κ3) is 3.13. The summed E-state index contributed by atoms with van der Waals surface area (Å²) in [5.74, 6) is 0. The molecular weight excluding hydrogens is 288 g/mol. The maximum absolute atomic E-state index is 5.88. The van der Waals surface area contributed by atoms with Gasteiger partial charge >= 0.3 is 0 Å². The Bertz CT molecular complexity index is 718. The summed E-state index contributed by atoms with van der Waals surface area (Å²) in [6.45, 7) is 0. The van der Waals surface area contributed by atoms with Gasteiger partial charge in [0.05, 0.1) is 5.69 Å². The van der Waals surface area contributed by atoms with Gasteiger partial charge in [-0.15, -0.1) is 11.3 Å². The van der Waals surface area contributed by atoms with Crippen LogP contribution in [0, 0.1) is 0 Å². The third-order valence-corrected chi connectivity index (χ3v) is 3.76. The molecule has 0 fully saturated rings. The van der Waals surface area contributed by atoms with Crippen LogP contribution in [0.15, 0.2) is 65.0 Å². The van der Waals surface area contributed by atoms with Crippen LogP contribution in [0.3, 0.4) is 0 Å². The zero-order valence-electron chi connectivity index (χ0n) is 10.5. The van der Waals surface area contributed by atoms with Gasteiger partial charge in [0.25, 0.3) is 0 Å². The number of aromatic nitrogens is 1. The van der Waals surface area contributed by atoms with E-state index in [0.29, 0.717) is 0 Å². The van der Waals surface area contributed by atoms with Crippen LogP contribution in [0.1, 0.15) is 5.56 Å². The molecule has 0 aliphatic rings. The van der Waals surface area contributed by atoms with E-state index in [4.69, 9.17) is 11.6 Å². The van der Waals surface area contributed by atoms with Gasteiger partial charge in [0.1, 0.15) is 0 Å². The number of hydrogen-bond donors (Lipinski definition) is 0. The molecule has 0 radical (unpaired) electrons. The molecule has 0 atom stereocenters. The van der Waals surface area contributed by atoms with Gasteiger partial charge in [-0.3, -0.25) is 0 Å². The van der Waals surface area contributed by atoms with Crippen molar-refractivity contribution >= 4 is 34.3 Å². The zero-order valence-corrected chi connectivity index (χ0v) is 12.1. The molecule has 0 aliphatic carbocycles. The monoisotopic (exact) mass is 298 g/mol. The average molecular weight is 299 g/mol. The number of thiazole rings is 1. The summed E-state index contributed by atoms with van der Waals surface area (Å²) in [6.07, 6.45) is 1.82. The smallest absolute Gasteiger partial charge is 0.209 e. The second kappa shape index (κ2) is 5.99. The first-order valence-electron chi connectivity index (χ1n) is 6.12. The number of halogens is 1. The quantitative estimate of drug-likeness (QED) is 0.609. The van der Waals surface area contributed by atoms with Crippen molar-refractivity contribution < 1.29 is 0 Å². The normalized spacial score (nSPS) is 11.1. The summed E-state index contributed by atoms with van der Waals surface area (Å²) in [5.41, 5.74) is 3.04. The lowest BCUT2D eigenvalue weighted by Gasteiger charge is -1.95. The summed E-state index contributed by atoms with van der Waals surface area (Å²) in [4.78, 5) is 8.90. The van der Waals surface area contributed by atoms with Crippen molar-refractivity contribution in [1.29, 1.82) is 0 Å². The van der Waals surface area contributed by atoms with Crippen molar-refractivity contribution in [3.63, 3.8) is 0 Å². The minimum atomic E-state index is 0.728. The van der Waals surface area contributed by atoms with Crippen LogP contribution in [0.25, 0.3) is 11.3 Å². The molecule has 0 saturated heterocycles. The van der Waals surface area contributed by atoms with Crippen molar-refractivity contribution in [2.45, 2.75) is 0 Å². The predicted octanol–water partition coefficient (Wildman–Crippen LogP) is 5.21. The Morgan fingerprint density at radius 2 is 1.75 bits per heavy atom. The van der Waals surface area contributed by atoms with Gasteiger partial charge in [0.2, 0.25) is 5.13 Å². The Labute approximate surface area is 126 Å². The molecule has 2 aromatic carbocycles. The molecule has 3 aromatic rings. The molecule has 20 heavy (non-hydrogen) atoms. The van der Waals surface area contributed by atoms with E-state index in [1.54, 1.807) is 0 Å². The Morgan fingerprint density at radius 1 is 1.00 bits per heavy atom. The Kier molecular flexibility index (Phi) is 3.90. The summed E-state index contributed by atoms with van der Waals surface area (Å²) >= 11 is 7.41. The first-order valence-corrected chi connectivity index (χ1v) is 7.37. The molecule has 2 nitrogen and oxygen atoms in total. The highest BCUT2D eigenvalue weighted by molar-refractivity contribution is 7.13. The van der Waals surface area contributed by atoms with E-state index in [0.717, 1.165) is 27.0 Å². The van der Waals surface area contributed by atoms with E-state index < -0.39 is 0 Å². The van der Waals surface area contributed by atoms with Gasteiger partial charge < -0.3 is 0 Å². The minimum Gasteiger partial charge on any atom is -0.227 e. The molecule has 0 bridgehead atoms. The first-order chi connectivity index (χ1) is 9.81. The molecule has 98 valence electrons. The maximum Gasteiger partial charge on any atom is 0.209 e. The number of rotatable bonds is 3. The summed E-state index contributed by atoms with van der Waals surface area (Å²) in [5, 5.41) is 3.48. The highest BCUT2D eigenvalue weighted by Gasteiger charge is 2.03. The first kappa shape index (κ1) is 13.0. The van der Waals surface area contributed by atoms with Crippen molar-refractivity contribution in [3.8, 4) is 11.3 Å². The fourth-order valence-corrected chi connectivity index (χ4v) is 2.54. The lowest BCUT2D eigenvalue weighted by molar-refractivity contribution is 1.36. The van der Waals surface area contributed by atoms with Crippen molar-refractivity contribution in [2.24, 2.45) is 4.99 Å². The van der Waals surface area contributed by atoms with Gasteiger partial charge in [0, 0.05) is 22.2 Å². The van der Waals surface area contributed by atoms with Crippen LogP contribution < -0.4 is 0 Å². The van der Waals surface area contributed by atoms with Crippen LogP contribution in [-0.4, -0.2) is 11.2 Å². The van der Waals surface area contributed by atoms with Crippen LogP contribution in [0.2, 0.25) is 5.02 Å². The van der Waals surface area contributed by atoms with Crippen LogP contribution >= 0.6 is 22.9 Å². The molecule has 1 heterocycles. The molecule has 0 amide bonds. The Hall–Kier alpha value is -1.97. The molecule has 0 N–H and O–H groups in total. The van der Waals surface area contributed by atoms with E-state index >= 15 is 0 Å². The number of nitrogens with zero attached hydrogens (tertiary/aromatic N) is 2. The molecule has 1 aromatic heterocycles. The second-order valence-corrected chi connectivity index (χ2v) is 5.46. The molecule has 0 unspecified atom stereocenters. The van der Waals surface area contributed by atoms with Gasteiger partial charge in [-0.2, -0.15) is 0 Å². The summed E-state index contributed by atoms with van der Waals surface area (Å²) in [6, 6.07) is 17.6. The molecule has 4 heteroatoms.